The molecule has 0 radical (unpaired) electrons. The highest BCUT2D eigenvalue weighted by atomic mass is 28.4. The Kier molecular flexibility index (Phi) is 5.29. The molecule has 5 heteroatoms. The van der Waals surface area contributed by atoms with Crippen LogP contribution in [-0.2, 0) is 26.0 Å². The fourth-order valence-corrected chi connectivity index (χ4v) is 5.51. The summed E-state index contributed by atoms with van der Waals surface area (Å²) in [5, 5.41) is 1.10. The molecule has 3 rings (SSSR count). The highest BCUT2D eigenvalue weighted by Crippen LogP contribution is 2.37. The van der Waals surface area contributed by atoms with Gasteiger partial charge in [-0.2, -0.15) is 0 Å². The third kappa shape index (κ3) is 3.65. The summed E-state index contributed by atoms with van der Waals surface area (Å²) in [6.07, 6.45) is 0. The number of ether oxygens (including phenoxy) is 2. The zero-order valence-electron chi connectivity index (χ0n) is 15.4. The van der Waals surface area contributed by atoms with Gasteiger partial charge in [0.1, 0.15) is 5.75 Å². The van der Waals surface area contributed by atoms with Crippen molar-refractivity contribution in [2.24, 2.45) is 0 Å². The summed E-state index contributed by atoms with van der Waals surface area (Å²) >= 11 is 0. The van der Waals surface area contributed by atoms with Crippen molar-refractivity contribution in [2.45, 2.75) is 39.7 Å². The van der Waals surface area contributed by atoms with Crippen LogP contribution in [0, 0.1) is 0 Å². The Morgan fingerprint density at radius 1 is 1.04 bits per heavy atom. The predicted molar refractivity (Wildman–Crippen MR) is 100 cm³/mol. The maximum Gasteiger partial charge on any atom is 0.369 e. The number of benzene rings is 2. The average Bonchev–Trinajstić information content (AvgIpc) is 2.62. The molecule has 0 saturated heterocycles. The van der Waals surface area contributed by atoms with Crippen molar-refractivity contribution in [3.63, 3.8) is 0 Å². The molecule has 0 aliphatic carbocycles. The van der Waals surface area contributed by atoms with Crippen LogP contribution in [0.1, 0.15) is 31.9 Å². The summed E-state index contributed by atoms with van der Waals surface area (Å²) < 4.78 is 24.3. The Morgan fingerprint density at radius 2 is 1.72 bits per heavy atom. The van der Waals surface area contributed by atoms with Gasteiger partial charge in [-0.1, -0.05) is 36.4 Å². The molecule has 0 aromatic heterocycles. The predicted octanol–water partition coefficient (Wildman–Crippen LogP) is 3.82. The fraction of sp³-hybridized carbons (Fsp3) is 0.400. The quantitative estimate of drug-likeness (QED) is 0.736. The fourth-order valence-electron chi connectivity index (χ4n) is 3.17. The highest BCUT2D eigenvalue weighted by Gasteiger charge is 2.38. The van der Waals surface area contributed by atoms with E-state index in [4.69, 9.17) is 18.3 Å². The molecule has 0 spiro atoms. The van der Waals surface area contributed by atoms with Gasteiger partial charge in [0.05, 0.1) is 6.61 Å². The van der Waals surface area contributed by atoms with Gasteiger partial charge in [-0.15, -0.1) is 0 Å². The molecular formula is C20H26O4Si. The first kappa shape index (κ1) is 18.1. The largest absolute Gasteiger partial charge is 0.458 e. The summed E-state index contributed by atoms with van der Waals surface area (Å²) in [5.74, 6) is 0.0850. The molecule has 2 aromatic carbocycles. The van der Waals surface area contributed by atoms with Crippen LogP contribution in [0.4, 0.5) is 0 Å². The van der Waals surface area contributed by atoms with Crippen molar-refractivity contribution >= 4 is 13.7 Å². The third-order valence-electron chi connectivity index (χ3n) is 4.53. The third-order valence-corrected chi connectivity index (χ3v) is 7.57. The maximum atomic E-state index is 6.20. The number of rotatable bonds is 6. The first-order chi connectivity index (χ1) is 12.0. The van der Waals surface area contributed by atoms with Gasteiger partial charge in [-0.3, -0.25) is 0 Å². The number of fused-ring (bicyclic) bond motifs is 1. The number of hydrogen-bond acceptors (Lipinski definition) is 4. The minimum absolute atomic E-state index is 0.497. The van der Waals surface area contributed by atoms with E-state index in [1.807, 2.05) is 57.2 Å². The van der Waals surface area contributed by atoms with Gasteiger partial charge in [0.15, 0.2) is 0 Å². The Morgan fingerprint density at radius 3 is 2.36 bits per heavy atom. The first-order valence-corrected chi connectivity index (χ1v) is 11.1. The second-order valence-electron chi connectivity index (χ2n) is 6.34. The van der Waals surface area contributed by atoms with Gasteiger partial charge < -0.3 is 18.3 Å². The smallest absolute Gasteiger partial charge is 0.369 e. The Balaban J connectivity index is 1.89. The first-order valence-electron chi connectivity index (χ1n) is 8.80. The second-order valence-corrected chi connectivity index (χ2v) is 9.38. The van der Waals surface area contributed by atoms with Crippen LogP contribution in [0.25, 0.3) is 0 Å². The van der Waals surface area contributed by atoms with E-state index in [0.717, 1.165) is 22.1 Å². The van der Waals surface area contributed by atoms with Gasteiger partial charge in [0.2, 0.25) is 5.79 Å². The summed E-state index contributed by atoms with van der Waals surface area (Å²) in [5.41, 5.74) is 2.04. The summed E-state index contributed by atoms with van der Waals surface area (Å²) in [7, 11) is -2.40. The van der Waals surface area contributed by atoms with Crippen molar-refractivity contribution in [3.05, 3.63) is 59.7 Å². The Labute approximate surface area is 150 Å². The zero-order valence-corrected chi connectivity index (χ0v) is 16.4. The molecule has 4 nitrogen and oxygen atoms in total. The molecule has 0 amide bonds. The maximum absolute atomic E-state index is 6.20. The molecular weight excluding hydrogens is 332 g/mol. The average molecular weight is 359 g/mol. The van der Waals surface area contributed by atoms with E-state index >= 15 is 0 Å². The van der Waals surface area contributed by atoms with Gasteiger partial charge in [0.25, 0.3) is 0 Å². The van der Waals surface area contributed by atoms with Crippen LogP contribution < -0.4 is 9.92 Å². The van der Waals surface area contributed by atoms with Crippen LogP contribution in [0.2, 0.25) is 6.55 Å². The Hall–Kier alpha value is -1.66. The summed E-state index contributed by atoms with van der Waals surface area (Å²) in [6, 6.07) is 16.2. The molecule has 1 unspecified atom stereocenters. The molecule has 0 bridgehead atoms. The molecule has 1 heterocycles. The van der Waals surface area contributed by atoms with Crippen LogP contribution in [0.5, 0.6) is 5.75 Å². The van der Waals surface area contributed by atoms with Crippen LogP contribution >= 0.6 is 0 Å². The van der Waals surface area contributed by atoms with Gasteiger partial charge in [0, 0.05) is 31.3 Å². The summed E-state index contributed by atoms with van der Waals surface area (Å²) in [4.78, 5) is 0. The van der Waals surface area contributed by atoms with E-state index in [2.05, 4.69) is 18.7 Å². The molecule has 0 N–H and O–H groups in total. The molecule has 1 atom stereocenters. The monoisotopic (exact) mass is 358 g/mol. The van der Waals surface area contributed by atoms with E-state index in [-0.39, 0.29) is 0 Å². The molecule has 25 heavy (non-hydrogen) atoms. The highest BCUT2D eigenvalue weighted by molar-refractivity contribution is 6.80. The van der Waals surface area contributed by atoms with E-state index in [0.29, 0.717) is 19.8 Å². The topological polar surface area (TPSA) is 36.9 Å². The van der Waals surface area contributed by atoms with Crippen LogP contribution in [-0.4, -0.2) is 21.8 Å². The van der Waals surface area contributed by atoms with Crippen LogP contribution in [0.15, 0.2) is 48.5 Å². The van der Waals surface area contributed by atoms with Crippen LogP contribution in [0.3, 0.4) is 0 Å². The van der Waals surface area contributed by atoms with Crippen molar-refractivity contribution in [1.82, 2.24) is 0 Å². The molecule has 0 fully saturated rings. The van der Waals surface area contributed by atoms with Gasteiger partial charge in [-0.05, 0) is 37.7 Å². The minimum Gasteiger partial charge on any atom is -0.458 e. The molecule has 1 aliphatic heterocycles. The second kappa shape index (κ2) is 7.29. The lowest BCUT2D eigenvalue weighted by Crippen LogP contribution is -2.51. The SMILES string of the molecule is CCO[Si](C)(OCC)c1ccc2c(c1)COC(C)(c1ccccc1)O2. The minimum atomic E-state index is -2.40. The van der Waals surface area contributed by atoms with E-state index < -0.39 is 14.3 Å². The van der Waals surface area contributed by atoms with Crippen molar-refractivity contribution in [2.75, 3.05) is 13.2 Å². The molecule has 2 aromatic rings. The van der Waals surface area contributed by atoms with Crippen molar-refractivity contribution in [1.29, 1.82) is 0 Å². The van der Waals surface area contributed by atoms with Gasteiger partial charge >= 0.3 is 8.56 Å². The summed E-state index contributed by atoms with van der Waals surface area (Å²) in [6.45, 7) is 9.81. The van der Waals surface area contributed by atoms with Crippen molar-refractivity contribution in [3.8, 4) is 5.75 Å². The molecule has 0 saturated carbocycles. The Bertz CT molecular complexity index is 713. The molecule has 134 valence electrons. The van der Waals surface area contributed by atoms with Gasteiger partial charge in [-0.25, -0.2) is 0 Å². The lowest BCUT2D eigenvalue weighted by Gasteiger charge is -2.36. The molecule has 1 aliphatic rings. The normalized spacial score (nSPS) is 20.0. The zero-order chi connectivity index (χ0) is 17.9. The lowest BCUT2D eigenvalue weighted by molar-refractivity contribution is -0.201. The van der Waals surface area contributed by atoms with E-state index in [1.54, 1.807) is 0 Å². The van der Waals surface area contributed by atoms with E-state index in [1.165, 1.54) is 0 Å². The standard InChI is InChI=1S/C20H26O4Si/c1-5-22-25(4,23-6-2)18-12-13-19-16(14-18)15-21-20(3,24-19)17-10-8-7-9-11-17/h7-14H,5-6,15H2,1-4H3. The lowest BCUT2D eigenvalue weighted by atomic mass is 10.1. The van der Waals surface area contributed by atoms with E-state index in [9.17, 15) is 0 Å². The number of hydrogen-bond donors (Lipinski definition) is 0. The van der Waals surface area contributed by atoms with Crippen molar-refractivity contribution < 1.29 is 18.3 Å².